The quantitative estimate of drug-likeness (QED) is 0.781. The fraction of sp³-hybridized carbons (Fsp3) is 0.316. The van der Waals surface area contributed by atoms with Crippen molar-refractivity contribution in [1.82, 2.24) is 9.88 Å². The van der Waals surface area contributed by atoms with E-state index in [1.54, 1.807) is 0 Å². The maximum Gasteiger partial charge on any atom is 0.250 e. The van der Waals surface area contributed by atoms with Gasteiger partial charge < -0.3 is 16.0 Å². The largest absolute Gasteiger partial charge is 0.366 e. The zero-order valence-electron chi connectivity index (χ0n) is 14.3. The third-order valence-electron chi connectivity index (χ3n) is 4.47. The summed E-state index contributed by atoms with van der Waals surface area (Å²) < 4.78 is 0. The van der Waals surface area contributed by atoms with Crippen LogP contribution in [-0.2, 0) is 11.2 Å². The van der Waals surface area contributed by atoms with Crippen LogP contribution in [0.1, 0.15) is 28.8 Å². The van der Waals surface area contributed by atoms with Crippen LogP contribution in [0, 0.1) is 0 Å². The Kier molecular flexibility index (Phi) is 5.73. The Morgan fingerprint density at radius 2 is 2.12 bits per heavy atom. The molecule has 0 bridgehead atoms. The molecule has 3 rings (SSSR count). The first kappa shape index (κ1) is 18.2. The van der Waals surface area contributed by atoms with Crippen LogP contribution in [-0.4, -0.2) is 40.8 Å². The van der Waals surface area contributed by atoms with Gasteiger partial charge in [-0.25, -0.2) is 4.98 Å². The second-order valence-corrected chi connectivity index (χ2v) is 6.73. The van der Waals surface area contributed by atoms with Gasteiger partial charge in [0.1, 0.15) is 11.9 Å². The molecule has 1 aromatic heterocycles. The van der Waals surface area contributed by atoms with Gasteiger partial charge in [-0.3, -0.25) is 9.59 Å². The number of aromatic nitrogens is 1. The van der Waals surface area contributed by atoms with E-state index in [-0.39, 0.29) is 22.5 Å². The Morgan fingerprint density at radius 3 is 2.81 bits per heavy atom. The average molecular weight is 373 g/mol. The zero-order valence-corrected chi connectivity index (χ0v) is 15.1. The van der Waals surface area contributed by atoms with Crippen LogP contribution in [0.25, 0.3) is 0 Å². The minimum Gasteiger partial charge on any atom is -0.366 e. The number of nitrogens with zero attached hydrogens (tertiary/aromatic N) is 2. The number of anilines is 1. The summed E-state index contributed by atoms with van der Waals surface area (Å²) in [5.74, 6) is -0.149. The van der Waals surface area contributed by atoms with Crippen molar-refractivity contribution in [3.8, 4) is 0 Å². The second-order valence-electron chi connectivity index (χ2n) is 6.32. The molecule has 6 nitrogen and oxygen atoms in total. The molecule has 136 valence electrons. The van der Waals surface area contributed by atoms with Crippen LogP contribution in [0.2, 0.25) is 5.02 Å². The molecular weight excluding hydrogens is 352 g/mol. The predicted octanol–water partition coefficient (Wildman–Crippen LogP) is 2.48. The van der Waals surface area contributed by atoms with Gasteiger partial charge in [-0.2, -0.15) is 0 Å². The van der Waals surface area contributed by atoms with Crippen molar-refractivity contribution < 1.29 is 9.59 Å². The first-order valence-electron chi connectivity index (χ1n) is 8.59. The Labute approximate surface area is 157 Å². The number of likely N-dealkylation sites (tertiary alicyclic amines) is 1. The molecule has 3 N–H and O–H groups in total. The summed E-state index contributed by atoms with van der Waals surface area (Å²) >= 11 is 6.13. The van der Waals surface area contributed by atoms with Crippen LogP contribution >= 0.6 is 11.6 Å². The fourth-order valence-electron chi connectivity index (χ4n) is 3.06. The summed E-state index contributed by atoms with van der Waals surface area (Å²) in [4.78, 5) is 29.7. The molecule has 1 saturated heterocycles. The number of aryl methyl sites for hydroxylation is 1. The van der Waals surface area contributed by atoms with Crippen molar-refractivity contribution >= 4 is 29.2 Å². The molecule has 2 heterocycles. The summed E-state index contributed by atoms with van der Waals surface area (Å²) in [6.07, 6.45) is 3.92. The van der Waals surface area contributed by atoms with Gasteiger partial charge in [-0.15, -0.1) is 0 Å². The monoisotopic (exact) mass is 372 g/mol. The first-order valence-corrected chi connectivity index (χ1v) is 8.97. The maximum atomic E-state index is 12.6. The summed E-state index contributed by atoms with van der Waals surface area (Å²) in [5.41, 5.74) is 6.72. The van der Waals surface area contributed by atoms with Gasteiger partial charge in [0, 0.05) is 19.3 Å². The van der Waals surface area contributed by atoms with E-state index < -0.39 is 5.91 Å². The lowest BCUT2D eigenvalue weighted by atomic mass is 10.1. The highest BCUT2D eigenvalue weighted by Crippen LogP contribution is 2.23. The molecule has 26 heavy (non-hydrogen) atoms. The standard InChI is InChI=1S/C19H21ClN4O2/c20-15-11-14(17(21)25)12-22-18(15)23-16-8-10-24(19(16)26)9-4-7-13-5-2-1-3-6-13/h1-3,5-6,11-12,16H,4,7-10H2,(H2,21,25)(H,22,23). The van der Waals surface area contributed by atoms with Crippen molar-refractivity contribution in [3.63, 3.8) is 0 Å². The number of primary amides is 1. The van der Waals surface area contributed by atoms with Gasteiger partial charge >= 0.3 is 0 Å². The molecule has 1 fully saturated rings. The molecule has 2 amide bonds. The minimum absolute atomic E-state index is 0.0508. The number of pyridine rings is 1. The van der Waals surface area contributed by atoms with Crippen LogP contribution in [0.15, 0.2) is 42.6 Å². The molecule has 1 aliphatic rings. The molecular formula is C19H21ClN4O2. The van der Waals surface area contributed by atoms with Gasteiger partial charge in [-0.1, -0.05) is 41.9 Å². The molecule has 0 spiro atoms. The van der Waals surface area contributed by atoms with Crippen LogP contribution in [0.5, 0.6) is 0 Å². The molecule has 1 aromatic carbocycles. The van der Waals surface area contributed by atoms with E-state index in [9.17, 15) is 9.59 Å². The summed E-state index contributed by atoms with van der Waals surface area (Å²) in [7, 11) is 0. The average Bonchev–Trinajstić information content (AvgIpc) is 2.97. The highest BCUT2D eigenvalue weighted by atomic mass is 35.5. The predicted molar refractivity (Wildman–Crippen MR) is 101 cm³/mol. The highest BCUT2D eigenvalue weighted by molar-refractivity contribution is 6.33. The molecule has 1 atom stereocenters. The maximum absolute atomic E-state index is 12.6. The molecule has 2 aromatic rings. The van der Waals surface area contributed by atoms with Crippen molar-refractivity contribution in [1.29, 1.82) is 0 Å². The topological polar surface area (TPSA) is 88.3 Å². The molecule has 0 radical (unpaired) electrons. The Balaban J connectivity index is 1.53. The number of benzene rings is 1. The number of carbonyl (C=O) groups excluding carboxylic acids is 2. The lowest BCUT2D eigenvalue weighted by Gasteiger charge is -2.17. The smallest absolute Gasteiger partial charge is 0.250 e. The number of rotatable bonds is 7. The zero-order chi connectivity index (χ0) is 18.5. The van der Waals surface area contributed by atoms with Crippen LogP contribution in [0.3, 0.4) is 0 Å². The highest BCUT2D eigenvalue weighted by Gasteiger charge is 2.31. The normalized spacial score (nSPS) is 16.7. The van der Waals surface area contributed by atoms with Gasteiger partial charge in [0.25, 0.3) is 0 Å². The van der Waals surface area contributed by atoms with E-state index in [0.29, 0.717) is 18.8 Å². The summed E-state index contributed by atoms with van der Waals surface area (Å²) in [6, 6.07) is 11.3. The van der Waals surface area contributed by atoms with Crippen molar-refractivity contribution in [2.24, 2.45) is 5.73 Å². The second kappa shape index (κ2) is 8.19. The Hall–Kier alpha value is -2.60. The number of hydrogen-bond donors (Lipinski definition) is 2. The number of amides is 2. The van der Waals surface area contributed by atoms with Crippen molar-refractivity contribution in [2.75, 3.05) is 18.4 Å². The van der Waals surface area contributed by atoms with Crippen LogP contribution < -0.4 is 11.1 Å². The van der Waals surface area contributed by atoms with E-state index in [2.05, 4.69) is 22.4 Å². The van der Waals surface area contributed by atoms with Gasteiger partial charge in [0.2, 0.25) is 11.8 Å². The van der Waals surface area contributed by atoms with Crippen molar-refractivity contribution in [2.45, 2.75) is 25.3 Å². The number of carbonyl (C=O) groups is 2. The SMILES string of the molecule is NC(=O)c1cnc(NC2CCN(CCCc3ccccc3)C2=O)c(Cl)c1. The molecule has 1 aliphatic heterocycles. The lowest BCUT2D eigenvalue weighted by molar-refractivity contribution is -0.128. The number of halogens is 1. The van der Waals surface area contributed by atoms with E-state index in [0.717, 1.165) is 19.4 Å². The van der Waals surface area contributed by atoms with Gasteiger partial charge in [0.15, 0.2) is 0 Å². The Morgan fingerprint density at radius 1 is 1.35 bits per heavy atom. The summed E-state index contributed by atoms with van der Waals surface area (Å²) in [5, 5.41) is 3.35. The number of nitrogens with two attached hydrogens (primary N) is 1. The third kappa shape index (κ3) is 4.32. The number of nitrogens with one attached hydrogen (secondary N) is 1. The van der Waals surface area contributed by atoms with E-state index >= 15 is 0 Å². The third-order valence-corrected chi connectivity index (χ3v) is 4.76. The first-order chi connectivity index (χ1) is 12.5. The van der Waals surface area contributed by atoms with E-state index in [1.165, 1.54) is 17.8 Å². The van der Waals surface area contributed by atoms with Gasteiger partial charge in [-0.05, 0) is 30.9 Å². The van der Waals surface area contributed by atoms with Crippen LogP contribution in [0.4, 0.5) is 5.82 Å². The molecule has 0 aliphatic carbocycles. The van der Waals surface area contributed by atoms with E-state index in [4.69, 9.17) is 17.3 Å². The fourth-order valence-corrected chi connectivity index (χ4v) is 3.28. The lowest BCUT2D eigenvalue weighted by Crippen LogP contribution is -2.34. The van der Waals surface area contributed by atoms with Gasteiger partial charge in [0.05, 0.1) is 10.6 Å². The summed E-state index contributed by atoms with van der Waals surface area (Å²) in [6.45, 7) is 1.44. The van der Waals surface area contributed by atoms with E-state index in [1.807, 2.05) is 23.1 Å². The van der Waals surface area contributed by atoms with Crippen molar-refractivity contribution in [3.05, 3.63) is 58.7 Å². The molecule has 7 heteroatoms. The Bertz CT molecular complexity index is 797. The molecule has 0 saturated carbocycles. The minimum atomic E-state index is -0.590. The molecule has 1 unspecified atom stereocenters. The number of hydrogen-bond acceptors (Lipinski definition) is 4.